The molecule has 3 heteroatoms. The molecule has 144 valence electrons. The Bertz CT molecular complexity index is 1010. The van der Waals surface area contributed by atoms with E-state index in [-0.39, 0.29) is 5.16 Å². The lowest BCUT2D eigenvalue weighted by Gasteiger charge is -2.37. The van der Waals surface area contributed by atoms with Crippen LogP contribution in [0, 0.1) is 0 Å². The highest BCUT2D eigenvalue weighted by atomic mass is 28.2. The fraction of sp³-hybridized carbons (Fsp3) is 0.192. The first-order chi connectivity index (χ1) is 14.3. The standard InChI is InChI=1S/C26H26N2Si/c1-3-21-10-8-12-23(18-21)26(28-17-16-27-20-28,29-25-14-6-5-7-15-25)24-13-9-11-22(4-2)19-24/h5-20H,3-4H2,1-2H3. The fourth-order valence-electron chi connectivity index (χ4n) is 3.89. The predicted octanol–water partition coefficient (Wildman–Crippen LogP) is 4.79. The van der Waals surface area contributed by atoms with Crippen molar-refractivity contribution in [3.05, 3.63) is 120 Å². The molecule has 0 spiro atoms. The molecule has 3 aromatic carbocycles. The minimum Gasteiger partial charge on any atom is -0.326 e. The topological polar surface area (TPSA) is 17.8 Å². The van der Waals surface area contributed by atoms with E-state index in [1.807, 2.05) is 12.5 Å². The van der Waals surface area contributed by atoms with Gasteiger partial charge in [0.1, 0.15) is 9.52 Å². The predicted molar refractivity (Wildman–Crippen MR) is 122 cm³/mol. The average Bonchev–Trinajstić information content (AvgIpc) is 3.33. The van der Waals surface area contributed by atoms with Gasteiger partial charge in [-0.05, 0) is 35.1 Å². The monoisotopic (exact) mass is 394 g/mol. The highest BCUT2D eigenvalue weighted by Gasteiger charge is 2.37. The van der Waals surface area contributed by atoms with Crippen LogP contribution in [0.2, 0.25) is 0 Å². The van der Waals surface area contributed by atoms with E-state index in [1.54, 1.807) is 0 Å². The molecule has 2 nitrogen and oxygen atoms in total. The summed E-state index contributed by atoms with van der Waals surface area (Å²) < 4.78 is 2.29. The molecule has 0 aliphatic rings. The molecule has 1 aromatic heterocycles. The van der Waals surface area contributed by atoms with Crippen molar-refractivity contribution in [2.45, 2.75) is 31.9 Å². The average molecular weight is 395 g/mol. The van der Waals surface area contributed by atoms with Crippen LogP contribution in [0.3, 0.4) is 0 Å². The zero-order valence-electron chi connectivity index (χ0n) is 17.0. The van der Waals surface area contributed by atoms with Gasteiger partial charge in [-0.25, -0.2) is 4.98 Å². The summed E-state index contributed by atoms with van der Waals surface area (Å²) in [5, 5.41) is 1.01. The molecule has 0 aliphatic heterocycles. The quantitative estimate of drug-likeness (QED) is 0.412. The molecule has 0 unspecified atom stereocenters. The van der Waals surface area contributed by atoms with Crippen LogP contribution in [-0.4, -0.2) is 19.1 Å². The first kappa shape index (κ1) is 19.4. The van der Waals surface area contributed by atoms with Gasteiger partial charge in [0, 0.05) is 12.4 Å². The van der Waals surface area contributed by atoms with Crippen LogP contribution in [0.1, 0.15) is 36.1 Å². The third-order valence-corrected chi connectivity index (χ3v) is 7.32. The van der Waals surface area contributed by atoms with E-state index < -0.39 is 0 Å². The summed E-state index contributed by atoms with van der Waals surface area (Å²) >= 11 is 0. The number of hydrogen-bond acceptors (Lipinski definition) is 1. The van der Waals surface area contributed by atoms with Crippen molar-refractivity contribution < 1.29 is 0 Å². The maximum atomic E-state index is 4.43. The highest BCUT2D eigenvalue weighted by Crippen LogP contribution is 2.34. The molecule has 0 atom stereocenters. The number of hydrogen-bond donors (Lipinski definition) is 0. The van der Waals surface area contributed by atoms with Gasteiger partial charge in [-0.1, -0.05) is 97.9 Å². The Morgan fingerprint density at radius 3 is 1.93 bits per heavy atom. The van der Waals surface area contributed by atoms with E-state index in [1.165, 1.54) is 27.4 Å². The van der Waals surface area contributed by atoms with Gasteiger partial charge in [0.15, 0.2) is 0 Å². The number of rotatable bonds is 7. The van der Waals surface area contributed by atoms with Crippen molar-refractivity contribution in [3.8, 4) is 0 Å². The maximum absolute atomic E-state index is 4.43. The van der Waals surface area contributed by atoms with Crippen molar-refractivity contribution in [3.63, 3.8) is 0 Å². The summed E-state index contributed by atoms with van der Waals surface area (Å²) in [6.45, 7) is 4.43. The number of imidazole rings is 1. The molecule has 0 fully saturated rings. The van der Waals surface area contributed by atoms with Crippen molar-refractivity contribution in [2.75, 3.05) is 0 Å². The first-order valence-electron chi connectivity index (χ1n) is 10.3. The van der Waals surface area contributed by atoms with Crippen LogP contribution in [-0.2, 0) is 18.0 Å². The Hall–Kier alpha value is -2.91. The summed E-state index contributed by atoms with van der Waals surface area (Å²) in [5.41, 5.74) is 5.34. The lowest BCUT2D eigenvalue weighted by atomic mass is 9.93. The molecule has 0 amide bonds. The van der Waals surface area contributed by atoms with Crippen LogP contribution in [0.4, 0.5) is 0 Å². The second-order valence-electron chi connectivity index (χ2n) is 7.28. The van der Waals surface area contributed by atoms with Crippen molar-refractivity contribution in [2.24, 2.45) is 0 Å². The Kier molecular flexibility index (Phi) is 5.77. The molecule has 29 heavy (non-hydrogen) atoms. The summed E-state index contributed by atoms with van der Waals surface area (Å²) in [5.74, 6) is 0. The largest absolute Gasteiger partial charge is 0.326 e. The van der Waals surface area contributed by atoms with Gasteiger partial charge >= 0.3 is 0 Å². The van der Waals surface area contributed by atoms with E-state index >= 15 is 0 Å². The Balaban J connectivity index is 2.01. The number of aromatic nitrogens is 2. The second kappa shape index (κ2) is 8.62. The minimum atomic E-state index is -0.325. The lowest BCUT2D eigenvalue weighted by Crippen LogP contribution is -2.46. The second-order valence-corrected chi connectivity index (χ2v) is 8.83. The molecular formula is C26H26N2Si. The SMILES string of the molecule is CCc1cccc(C([Si]c2ccccc2)(c2cccc(CC)c2)n2ccnc2)c1. The van der Waals surface area contributed by atoms with Gasteiger partial charge < -0.3 is 4.57 Å². The van der Waals surface area contributed by atoms with Crippen LogP contribution in [0.15, 0.2) is 97.6 Å². The Morgan fingerprint density at radius 1 is 0.793 bits per heavy atom. The summed E-state index contributed by atoms with van der Waals surface area (Å²) in [6, 6.07) is 28.9. The molecule has 0 saturated heterocycles. The van der Waals surface area contributed by atoms with Crippen LogP contribution in [0.5, 0.6) is 0 Å². The Morgan fingerprint density at radius 2 is 1.41 bits per heavy atom. The van der Waals surface area contributed by atoms with Crippen molar-refractivity contribution in [1.82, 2.24) is 9.55 Å². The molecule has 4 rings (SSSR count). The Labute approximate surface area is 176 Å². The molecule has 0 bridgehead atoms. The van der Waals surface area contributed by atoms with Gasteiger partial charge in [0.05, 0.1) is 11.5 Å². The summed E-state index contributed by atoms with van der Waals surface area (Å²) in [7, 11) is 0.534. The van der Waals surface area contributed by atoms with Gasteiger partial charge in [0.25, 0.3) is 0 Å². The molecule has 0 saturated carbocycles. The van der Waals surface area contributed by atoms with Crippen LogP contribution >= 0.6 is 0 Å². The van der Waals surface area contributed by atoms with Crippen LogP contribution < -0.4 is 5.19 Å². The molecular weight excluding hydrogens is 368 g/mol. The zero-order chi connectivity index (χ0) is 20.1. The van der Waals surface area contributed by atoms with Crippen molar-refractivity contribution in [1.29, 1.82) is 0 Å². The molecule has 0 N–H and O–H groups in total. The van der Waals surface area contributed by atoms with Crippen LogP contribution in [0.25, 0.3) is 0 Å². The van der Waals surface area contributed by atoms with E-state index in [0.29, 0.717) is 9.52 Å². The normalized spacial score (nSPS) is 11.5. The number of aryl methyl sites for hydroxylation is 2. The molecule has 2 radical (unpaired) electrons. The smallest absolute Gasteiger partial charge is 0.127 e. The molecule has 4 aromatic rings. The first-order valence-corrected chi connectivity index (χ1v) is 11.3. The van der Waals surface area contributed by atoms with E-state index in [2.05, 4.69) is 108 Å². The van der Waals surface area contributed by atoms with Crippen molar-refractivity contribution >= 4 is 14.7 Å². The number of benzene rings is 3. The minimum absolute atomic E-state index is 0.325. The molecule has 0 aliphatic carbocycles. The van der Waals surface area contributed by atoms with Gasteiger partial charge in [-0.3, -0.25) is 0 Å². The maximum Gasteiger partial charge on any atom is 0.127 e. The van der Waals surface area contributed by atoms with Gasteiger partial charge in [-0.15, -0.1) is 0 Å². The van der Waals surface area contributed by atoms with E-state index in [0.717, 1.165) is 12.8 Å². The highest BCUT2D eigenvalue weighted by molar-refractivity contribution is 6.57. The molecule has 1 heterocycles. The van der Waals surface area contributed by atoms with Gasteiger partial charge in [-0.2, -0.15) is 0 Å². The number of nitrogens with zero attached hydrogens (tertiary/aromatic N) is 2. The third kappa shape index (κ3) is 3.83. The third-order valence-electron chi connectivity index (χ3n) is 5.50. The summed E-state index contributed by atoms with van der Waals surface area (Å²) in [6.07, 6.45) is 8.01. The zero-order valence-corrected chi connectivity index (χ0v) is 18.0. The summed E-state index contributed by atoms with van der Waals surface area (Å²) in [4.78, 5) is 4.43. The fourth-order valence-corrected chi connectivity index (χ4v) is 5.53. The van der Waals surface area contributed by atoms with E-state index in [4.69, 9.17) is 0 Å². The van der Waals surface area contributed by atoms with Gasteiger partial charge in [0.2, 0.25) is 0 Å². The lowest BCUT2D eigenvalue weighted by molar-refractivity contribution is 0.595. The van der Waals surface area contributed by atoms with E-state index in [9.17, 15) is 0 Å².